The molecule has 0 radical (unpaired) electrons. The third-order valence-corrected chi connectivity index (χ3v) is 6.35. The lowest BCUT2D eigenvalue weighted by molar-refractivity contribution is -0.131. The van der Waals surface area contributed by atoms with Crippen molar-refractivity contribution >= 4 is 40.8 Å². The van der Waals surface area contributed by atoms with Crippen molar-refractivity contribution in [3.63, 3.8) is 0 Å². The van der Waals surface area contributed by atoms with Crippen LogP contribution in [0.5, 0.6) is 0 Å². The number of aliphatic carboxylic acids is 1. The van der Waals surface area contributed by atoms with Gasteiger partial charge in [0.05, 0.1) is 0 Å². The maximum atomic E-state index is 13.3. The zero-order valence-electron chi connectivity index (χ0n) is 19.3. The Labute approximate surface area is 203 Å². The molecule has 2 aromatic carbocycles. The van der Waals surface area contributed by atoms with Crippen LogP contribution < -0.4 is 20.9 Å². The highest BCUT2D eigenvalue weighted by Gasteiger charge is 2.31. The number of hydrogen-bond acceptors (Lipinski definition) is 5. The van der Waals surface area contributed by atoms with Gasteiger partial charge in [-0.3, -0.25) is 14.4 Å². The van der Waals surface area contributed by atoms with Crippen LogP contribution in [0.4, 0.5) is 17.1 Å². The van der Waals surface area contributed by atoms with E-state index < -0.39 is 17.9 Å². The minimum absolute atomic E-state index is 0.106. The van der Waals surface area contributed by atoms with Gasteiger partial charge in [-0.2, -0.15) is 0 Å². The lowest BCUT2D eigenvalue weighted by atomic mass is 9.95. The molecule has 0 spiro atoms. The van der Waals surface area contributed by atoms with Crippen LogP contribution in [0.3, 0.4) is 0 Å². The summed E-state index contributed by atoms with van der Waals surface area (Å²) in [6.45, 7) is 0.931. The van der Waals surface area contributed by atoms with E-state index in [9.17, 15) is 24.3 Å². The molecular weight excluding hydrogens is 448 g/mol. The Balaban J connectivity index is 1.53. The molecule has 4 rings (SSSR count). The van der Waals surface area contributed by atoms with Gasteiger partial charge in [-0.05, 0) is 73.7 Å². The zero-order valence-corrected chi connectivity index (χ0v) is 19.3. The summed E-state index contributed by atoms with van der Waals surface area (Å²) in [6, 6.07) is 13.2. The number of primary amides is 1. The fourth-order valence-electron chi connectivity index (χ4n) is 4.59. The quantitative estimate of drug-likeness (QED) is 0.549. The van der Waals surface area contributed by atoms with Gasteiger partial charge in [0.2, 0.25) is 17.7 Å². The molecule has 2 saturated heterocycles. The lowest BCUT2D eigenvalue weighted by Crippen LogP contribution is -2.48. The normalized spacial score (nSPS) is 19.5. The van der Waals surface area contributed by atoms with Gasteiger partial charge in [-0.25, -0.2) is 4.79 Å². The molecule has 2 aromatic rings. The van der Waals surface area contributed by atoms with Crippen LogP contribution in [0.1, 0.15) is 42.5 Å². The van der Waals surface area contributed by atoms with Crippen molar-refractivity contribution in [2.45, 2.75) is 38.1 Å². The Bertz CT molecular complexity index is 1170. The number of hydrogen-bond donors (Lipinski definition) is 3. The van der Waals surface area contributed by atoms with E-state index in [0.29, 0.717) is 48.3 Å². The van der Waals surface area contributed by atoms with Gasteiger partial charge < -0.3 is 26.0 Å². The first-order valence-corrected chi connectivity index (χ1v) is 11.6. The van der Waals surface area contributed by atoms with E-state index in [1.807, 2.05) is 12.1 Å². The Morgan fingerprint density at radius 2 is 1.80 bits per heavy atom. The Kier molecular flexibility index (Phi) is 7.14. The molecular formula is C26H28N4O5. The van der Waals surface area contributed by atoms with Crippen LogP contribution in [-0.4, -0.2) is 47.9 Å². The number of carbonyl (C=O) groups excluding carboxylic acids is 3. The van der Waals surface area contributed by atoms with Gasteiger partial charge in [-0.15, -0.1) is 0 Å². The smallest absolute Gasteiger partial charge is 0.328 e. The Hall–Kier alpha value is -4.14. The molecule has 0 aliphatic carbocycles. The largest absolute Gasteiger partial charge is 0.478 e. The van der Waals surface area contributed by atoms with Crippen molar-refractivity contribution < 1.29 is 24.3 Å². The van der Waals surface area contributed by atoms with Crippen LogP contribution >= 0.6 is 0 Å². The molecule has 2 fully saturated rings. The molecule has 35 heavy (non-hydrogen) atoms. The third-order valence-electron chi connectivity index (χ3n) is 6.35. The van der Waals surface area contributed by atoms with Gasteiger partial charge in [0.25, 0.3) is 0 Å². The molecule has 1 atom stereocenters. The van der Waals surface area contributed by atoms with E-state index in [-0.39, 0.29) is 18.4 Å². The number of carboxylic acid groups (broad SMARTS) is 1. The van der Waals surface area contributed by atoms with Gasteiger partial charge in [0.1, 0.15) is 6.04 Å². The molecule has 0 bridgehead atoms. The van der Waals surface area contributed by atoms with E-state index >= 15 is 0 Å². The van der Waals surface area contributed by atoms with Crippen molar-refractivity contribution in [2.24, 2.45) is 5.73 Å². The molecule has 0 saturated carbocycles. The number of amides is 3. The zero-order chi connectivity index (χ0) is 24.9. The Morgan fingerprint density at radius 1 is 1.03 bits per heavy atom. The van der Waals surface area contributed by atoms with Crippen LogP contribution in [0.15, 0.2) is 60.2 Å². The monoisotopic (exact) mass is 476 g/mol. The molecule has 9 heteroatoms. The second-order valence-corrected chi connectivity index (χ2v) is 8.78. The van der Waals surface area contributed by atoms with Crippen LogP contribution in [0.25, 0.3) is 0 Å². The highest BCUT2D eigenvalue weighted by molar-refractivity contribution is 5.99. The summed E-state index contributed by atoms with van der Waals surface area (Å²) in [4.78, 5) is 51.9. The predicted octanol–water partition coefficient (Wildman–Crippen LogP) is 2.92. The van der Waals surface area contributed by atoms with Gasteiger partial charge in [-0.1, -0.05) is 6.07 Å². The minimum Gasteiger partial charge on any atom is -0.478 e. The maximum absolute atomic E-state index is 13.3. The fraction of sp³-hybridized carbons (Fsp3) is 0.308. The van der Waals surface area contributed by atoms with E-state index in [1.54, 1.807) is 46.2 Å². The van der Waals surface area contributed by atoms with Crippen molar-refractivity contribution in [3.05, 3.63) is 65.7 Å². The first kappa shape index (κ1) is 24.0. The molecule has 2 aliphatic heterocycles. The first-order valence-electron chi connectivity index (χ1n) is 11.6. The third kappa shape index (κ3) is 5.68. The number of rotatable bonds is 6. The highest BCUT2D eigenvalue weighted by Crippen LogP contribution is 2.30. The fourth-order valence-corrected chi connectivity index (χ4v) is 4.59. The molecule has 9 nitrogen and oxygen atoms in total. The van der Waals surface area contributed by atoms with E-state index in [0.717, 1.165) is 18.5 Å². The maximum Gasteiger partial charge on any atom is 0.328 e. The summed E-state index contributed by atoms with van der Waals surface area (Å²) in [5, 5.41) is 12.1. The van der Waals surface area contributed by atoms with Crippen LogP contribution in [0, 0.1) is 0 Å². The van der Waals surface area contributed by atoms with E-state index in [1.165, 1.54) is 6.08 Å². The molecule has 3 amide bonds. The van der Waals surface area contributed by atoms with Gasteiger partial charge in [0.15, 0.2) is 0 Å². The SMILES string of the molecule is NC(=O)c1cccc(N2CC(=CC(=O)O)CCC2C(=O)Nc2ccc(N3CCCCC3=O)cc2)c1. The van der Waals surface area contributed by atoms with Gasteiger partial charge in [0, 0.05) is 48.2 Å². The van der Waals surface area contributed by atoms with E-state index in [4.69, 9.17) is 5.73 Å². The number of nitrogens with one attached hydrogen (secondary N) is 1. The molecule has 4 N–H and O–H groups in total. The number of nitrogens with two attached hydrogens (primary N) is 1. The standard InChI is InChI=1S/C26H28N4O5/c27-25(34)18-4-3-5-21(15-18)30-16-17(14-24(32)33)7-12-22(30)26(35)28-19-8-10-20(11-9-19)29-13-2-1-6-23(29)31/h3-5,8-11,14-15,22H,1-2,6-7,12-13,16H2,(H2,27,34)(H,28,35)(H,32,33). The summed E-state index contributed by atoms with van der Waals surface area (Å²) in [5.74, 6) is -1.76. The number of carboxylic acids is 1. The molecule has 2 heterocycles. The number of anilines is 3. The number of benzene rings is 2. The average molecular weight is 477 g/mol. The number of carbonyl (C=O) groups is 4. The first-order chi connectivity index (χ1) is 16.8. The summed E-state index contributed by atoms with van der Waals surface area (Å²) in [5.41, 5.74) is 8.42. The van der Waals surface area contributed by atoms with Gasteiger partial charge >= 0.3 is 5.97 Å². The van der Waals surface area contributed by atoms with Crippen molar-refractivity contribution in [2.75, 3.05) is 28.2 Å². The second kappa shape index (κ2) is 10.4. The summed E-state index contributed by atoms with van der Waals surface area (Å²) >= 11 is 0. The van der Waals surface area contributed by atoms with E-state index in [2.05, 4.69) is 5.32 Å². The van der Waals surface area contributed by atoms with Crippen LogP contribution in [0.2, 0.25) is 0 Å². The predicted molar refractivity (Wildman–Crippen MR) is 132 cm³/mol. The number of nitrogens with zero attached hydrogens (tertiary/aromatic N) is 2. The second-order valence-electron chi connectivity index (χ2n) is 8.78. The molecule has 182 valence electrons. The number of piperidine rings is 2. The van der Waals surface area contributed by atoms with Crippen LogP contribution in [-0.2, 0) is 14.4 Å². The molecule has 2 aliphatic rings. The summed E-state index contributed by atoms with van der Waals surface area (Å²) in [6.07, 6.45) is 4.47. The summed E-state index contributed by atoms with van der Waals surface area (Å²) in [7, 11) is 0. The van der Waals surface area contributed by atoms with Crippen molar-refractivity contribution in [3.8, 4) is 0 Å². The van der Waals surface area contributed by atoms with Crippen molar-refractivity contribution in [1.82, 2.24) is 0 Å². The Morgan fingerprint density at radius 3 is 2.49 bits per heavy atom. The average Bonchev–Trinajstić information content (AvgIpc) is 2.84. The topological polar surface area (TPSA) is 133 Å². The van der Waals surface area contributed by atoms with Crippen molar-refractivity contribution in [1.29, 1.82) is 0 Å². The highest BCUT2D eigenvalue weighted by atomic mass is 16.4. The molecule has 0 aromatic heterocycles. The summed E-state index contributed by atoms with van der Waals surface area (Å²) < 4.78 is 0. The molecule has 1 unspecified atom stereocenters. The minimum atomic E-state index is -1.04. The lowest BCUT2D eigenvalue weighted by Gasteiger charge is -2.38.